The first-order valence-electron chi connectivity index (χ1n) is 7.27. The molecule has 1 aliphatic rings. The van der Waals surface area contributed by atoms with Crippen LogP contribution in [0.15, 0.2) is 28.2 Å². The Balaban J connectivity index is 1.58. The molecule has 2 atom stereocenters. The highest BCUT2D eigenvalue weighted by atomic mass is 32.1. The third-order valence-corrected chi connectivity index (χ3v) is 4.20. The average molecular weight is 321 g/mol. The second kappa shape index (κ2) is 6.60. The summed E-state index contributed by atoms with van der Waals surface area (Å²) < 4.78 is 10.8. The van der Waals surface area contributed by atoms with Crippen molar-refractivity contribution in [2.24, 2.45) is 0 Å². The Kier molecular flexibility index (Phi) is 4.56. The van der Waals surface area contributed by atoms with Crippen LogP contribution in [0.25, 0.3) is 0 Å². The summed E-state index contributed by atoms with van der Waals surface area (Å²) in [5, 5.41) is 5.31. The topological polar surface area (TPSA) is 67.6 Å². The van der Waals surface area contributed by atoms with E-state index in [4.69, 9.17) is 9.15 Å². The largest absolute Gasteiger partial charge is 0.459 e. The molecule has 3 rings (SSSR count). The molecule has 1 aliphatic heterocycles. The predicted molar refractivity (Wildman–Crippen MR) is 84.1 cm³/mol. The molecular formula is C15H19N3O3S. The van der Waals surface area contributed by atoms with E-state index in [0.29, 0.717) is 5.13 Å². The van der Waals surface area contributed by atoms with Crippen LogP contribution in [0.3, 0.4) is 0 Å². The summed E-state index contributed by atoms with van der Waals surface area (Å²) in [6, 6.07) is 3.31. The van der Waals surface area contributed by atoms with Crippen LogP contribution < -0.4 is 5.32 Å². The number of furan rings is 1. The third kappa shape index (κ3) is 3.73. The highest BCUT2D eigenvalue weighted by Gasteiger charge is 2.22. The van der Waals surface area contributed by atoms with Gasteiger partial charge in [0.1, 0.15) is 0 Å². The highest BCUT2D eigenvalue weighted by Crippen LogP contribution is 2.20. The van der Waals surface area contributed by atoms with Gasteiger partial charge in [-0.15, -0.1) is 11.3 Å². The minimum atomic E-state index is -0.278. The first-order chi connectivity index (χ1) is 10.6. The lowest BCUT2D eigenvalue weighted by Crippen LogP contribution is -2.44. The summed E-state index contributed by atoms with van der Waals surface area (Å²) in [7, 11) is 0. The number of hydrogen-bond donors (Lipinski definition) is 1. The van der Waals surface area contributed by atoms with Crippen molar-refractivity contribution in [1.82, 2.24) is 9.88 Å². The molecule has 0 aromatic carbocycles. The first kappa shape index (κ1) is 15.2. The van der Waals surface area contributed by atoms with Crippen LogP contribution >= 0.6 is 11.3 Å². The molecule has 6 nitrogen and oxygen atoms in total. The van der Waals surface area contributed by atoms with Gasteiger partial charge in [-0.05, 0) is 26.0 Å². The minimum absolute atomic E-state index is 0.237. The number of rotatable bonds is 4. The molecule has 1 saturated heterocycles. The Hall–Kier alpha value is -1.70. The van der Waals surface area contributed by atoms with Crippen molar-refractivity contribution in [2.45, 2.75) is 32.6 Å². The predicted octanol–water partition coefficient (Wildman–Crippen LogP) is 2.60. The summed E-state index contributed by atoms with van der Waals surface area (Å²) in [4.78, 5) is 18.7. The zero-order valence-electron chi connectivity index (χ0n) is 12.6. The van der Waals surface area contributed by atoms with E-state index in [9.17, 15) is 4.79 Å². The van der Waals surface area contributed by atoms with E-state index < -0.39 is 0 Å². The van der Waals surface area contributed by atoms with Crippen LogP contribution in [0, 0.1) is 0 Å². The Morgan fingerprint density at radius 3 is 2.91 bits per heavy atom. The summed E-state index contributed by atoms with van der Waals surface area (Å²) in [6.45, 7) is 6.73. The van der Waals surface area contributed by atoms with Crippen molar-refractivity contribution < 1.29 is 13.9 Å². The van der Waals surface area contributed by atoms with E-state index in [-0.39, 0.29) is 23.9 Å². The van der Waals surface area contributed by atoms with Gasteiger partial charge in [0.2, 0.25) is 0 Å². The van der Waals surface area contributed by atoms with Crippen LogP contribution in [0.4, 0.5) is 5.13 Å². The number of carbonyl (C=O) groups is 1. The van der Waals surface area contributed by atoms with Crippen molar-refractivity contribution in [2.75, 3.05) is 18.4 Å². The smallest absolute Gasteiger partial charge is 0.293 e. The van der Waals surface area contributed by atoms with Gasteiger partial charge in [-0.3, -0.25) is 15.0 Å². The van der Waals surface area contributed by atoms with Crippen molar-refractivity contribution in [1.29, 1.82) is 0 Å². The van der Waals surface area contributed by atoms with E-state index in [2.05, 4.69) is 29.0 Å². The molecule has 1 N–H and O–H groups in total. The first-order valence-corrected chi connectivity index (χ1v) is 8.15. The number of morpholine rings is 1. The zero-order valence-corrected chi connectivity index (χ0v) is 13.4. The maximum atomic E-state index is 11.9. The number of nitrogens with zero attached hydrogens (tertiary/aromatic N) is 2. The Morgan fingerprint density at radius 1 is 1.45 bits per heavy atom. The number of thiazole rings is 1. The van der Waals surface area contributed by atoms with Crippen molar-refractivity contribution in [3.05, 3.63) is 35.2 Å². The quantitative estimate of drug-likeness (QED) is 0.937. The lowest BCUT2D eigenvalue weighted by molar-refractivity contribution is -0.0707. The van der Waals surface area contributed by atoms with Gasteiger partial charge in [0.15, 0.2) is 10.9 Å². The van der Waals surface area contributed by atoms with Gasteiger partial charge in [-0.1, -0.05) is 0 Å². The Bertz CT molecular complexity index is 616. The highest BCUT2D eigenvalue weighted by molar-refractivity contribution is 7.13. The second-order valence-corrected chi connectivity index (χ2v) is 6.38. The average Bonchev–Trinajstić information content (AvgIpc) is 3.09. The van der Waals surface area contributed by atoms with E-state index in [1.807, 2.05) is 5.38 Å². The fourth-order valence-electron chi connectivity index (χ4n) is 2.65. The van der Waals surface area contributed by atoms with Crippen molar-refractivity contribution >= 4 is 22.4 Å². The maximum absolute atomic E-state index is 11.9. The van der Waals surface area contributed by atoms with Gasteiger partial charge in [-0.2, -0.15) is 0 Å². The Morgan fingerprint density at radius 2 is 2.23 bits per heavy atom. The number of aromatic nitrogens is 1. The van der Waals surface area contributed by atoms with Crippen LogP contribution in [0.5, 0.6) is 0 Å². The Labute approximate surface area is 133 Å². The van der Waals surface area contributed by atoms with E-state index >= 15 is 0 Å². The molecule has 0 bridgehead atoms. The molecule has 0 saturated carbocycles. The summed E-state index contributed by atoms with van der Waals surface area (Å²) in [5.41, 5.74) is 0.959. The van der Waals surface area contributed by atoms with Crippen molar-refractivity contribution in [3.63, 3.8) is 0 Å². The van der Waals surface area contributed by atoms with Gasteiger partial charge >= 0.3 is 0 Å². The van der Waals surface area contributed by atoms with Crippen LogP contribution in [0.2, 0.25) is 0 Å². The van der Waals surface area contributed by atoms with Gasteiger partial charge in [0.05, 0.1) is 24.2 Å². The molecule has 22 heavy (non-hydrogen) atoms. The lowest BCUT2D eigenvalue weighted by Gasteiger charge is -2.34. The summed E-state index contributed by atoms with van der Waals surface area (Å²) >= 11 is 1.42. The number of anilines is 1. The molecule has 2 aromatic heterocycles. The van der Waals surface area contributed by atoms with Gasteiger partial charge < -0.3 is 9.15 Å². The molecule has 7 heteroatoms. The zero-order chi connectivity index (χ0) is 15.5. The van der Waals surface area contributed by atoms with E-state index in [0.717, 1.165) is 25.3 Å². The lowest BCUT2D eigenvalue weighted by atomic mass is 10.2. The second-order valence-electron chi connectivity index (χ2n) is 5.53. The molecule has 1 amide bonds. The fraction of sp³-hybridized carbons (Fsp3) is 0.467. The molecule has 118 valence electrons. The SMILES string of the molecule is CC1CN(Cc2csc(NC(=O)c3ccco3)n2)CC(C)O1. The van der Waals surface area contributed by atoms with Crippen LogP contribution in [-0.2, 0) is 11.3 Å². The molecule has 0 aliphatic carbocycles. The van der Waals surface area contributed by atoms with Gasteiger partial charge in [0.25, 0.3) is 5.91 Å². The number of hydrogen-bond acceptors (Lipinski definition) is 6. The number of carbonyl (C=O) groups excluding carboxylic acids is 1. The molecule has 2 unspecified atom stereocenters. The number of amides is 1. The summed E-state index contributed by atoms with van der Waals surface area (Å²) in [5.74, 6) is 0.00657. The van der Waals surface area contributed by atoms with E-state index in [1.54, 1.807) is 12.1 Å². The van der Waals surface area contributed by atoms with Crippen LogP contribution in [-0.4, -0.2) is 41.1 Å². The van der Waals surface area contributed by atoms with Crippen LogP contribution in [0.1, 0.15) is 30.1 Å². The minimum Gasteiger partial charge on any atom is -0.459 e. The third-order valence-electron chi connectivity index (χ3n) is 3.40. The molecule has 1 fully saturated rings. The summed E-state index contributed by atoms with van der Waals surface area (Å²) in [6.07, 6.45) is 1.95. The maximum Gasteiger partial charge on any atom is 0.293 e. The van der Waals surface area contributed by atoms with Gasteiger partial charge in [0, 0.05) is 25.0 Å². The fourth-order valence-corrected chi connectivity index (χ4v) is 3.34. The normalized spacial score (nSPS) is 22.6. The molecular weight excluding hydrogens is 302 g/mol. The van der Waals surface area contributed by atoms with Crippen molar-refractivity contribution in [3.8, 4) is 0 Å². The number of ether oxygens (including phenoxy) is 1. The van der Waals surface area contributed by atoms with Gasteiger partial charge in [-0.25, -0.2) is 4.98 Å². The standard InChI is InChI=1S/C15H19N3O3S/c1-10-6-18(7-11(2)21-10)8-12-9-22-15(16-12)17-14(19)13-4-3-5-20-13/h3-5,9-11H,6-8H2,1-2H3,(H,16,17,19). The monoisotopic (exact) mass is 321 g/mol. The molecule has 2 aromatic rings. The number of nitrogens with one attached hydrogen (secondary N) is 1. The van der Waals surface area contributed by atoms with E-state index in [1.165, 1.54) is 17.6 Å². The molecule has 0 spiro atoms. The molecule has 3 heterocycles. The molecule has 0 radical (unpaired) electrons.